The third kappa shape index (κ3) is 2.33. The molecule has 1 aliphatic rings. The van der Waals surface area contributed by atoms with Gasteiger partial charge in [0.1, 0.15) is 0 Å². The number of rotatable bonds is 5. The largest absolute Gasteiger partial charge is 0.481 e. The van der Waals surface area contributed by atoms with Crippen LogP contribution in [0.4, 0.5) is 0 Å². The van der Waals surface area contributed by atoms with Crippen molar-refractivity contribution in [3.63, 3.8) is 0 Å². The van der Waals surface area contributed by atoms with Crippen molar-refractivity contribution in [3.8, 4) is 0 Å². The minimum Gasteiger partial charge on any atom is -0.481 e. The molecule has 4 nitrogen and oxygen atoms in total. The quantitative estimate of drug-likeness (QED) is 0.853. The van der Waals surface area contributed by atoms with E-state index in [4.69, 9.17) is 10.1 Å². The van der Waals surface area contributed by atoms with Gasteiger partial charge in [0.15, 0.2) is 5.16 Å². The first-order chi connectivity index (χ1) is 10.1. The molecule has 5 heteroatoms. The Bertz CT molecular complexity index is 683. The Labute approximate surface area is 128 Å². The third-order valence-electron chi connectivity index (χ3n) is 4.59. The molecular weight excluding hydrogens is 284 g/mol. The lowest BCUT2D eigenvalue weighted by Crippen LogP contribution is -2.40. The number of fused-ring (bicyclic) bond motifs is 1. The van der Waals surface area contributed by atoms with E-state index in [0.29, 0.717) is 0 Å². The fourth-order valence-corrected chi connectivity index (χ4v) is 4.09. The van der Waals surface area contributed by atoms with Gasteiger partial charge in [0.2, 0.25) is 0 Å². The number of carboxylic acids is 1. The summed E-state index contributed by atoms with van der Waals surface area (Å²) in [4.78, 5) is 15.6. The van der Waals surface area contributed by atoms with Crippen LogP contribution in [0, 0.1) is 6.92 Å². The highest BCUT2D eigenvalue weighted by atomic mass is 32.2. The Morgan fingerprint density at radius 3 is 2.81 bits per heavy atom. The van der Waals surface area contributed by atoms with Crippen molar-refractivity contribution in [3.05, 3.63) is 23.8 Å². The number of aromatic nitrogens is 2. The van der Waals surface area contributed by atoms with Crippen molar-refractivity contribution in [1.82, 2.24) is 9.55 Å². The molecule has 21 heavy (non-hydrogen) atoms. The number of hydrogen-bond acceptors (Lipinski definition) is 3. The first-order valence-corrected chi connectivity index (χ1v) is 8.39. The van der Waals surface area contributed by atoms with Crippen LogP contribution in [-0.2, 0) is 10.3 Å². The molecule has 3 rings (SSSR count). The van der Waals surface area contributed by atoms with Gasteiger partial charge in [-0.15, -0.1) is 0 Å². The van der Waals surface area contributed by atoms with Crippen LogP contribution in [-0.4, -0.2) is 26.4 Å². The molecule has 1 aromatic carbocycles. The van der Waals surface area contributed by atoms with Gasteiger partial charge in [0.05, 0.1) is 16.8 Å². The van der Waals surface area contributed by atoms with E-state index in [9.17, 15) is 4.79 Å². The first-order valence-electron chi connectivity index (χ1n) is 7.40. The Morgan fingerprint density at radius 2 is 2.24 bits per heavy atom. The minimum atomic E-state index is -0.797. The molecule has 0 aliphatic heterocycles. The van der Waals surface area contributed by atoms with Crippen molar-refractivity contribution >= 4 is 28.8 Å². The fraction of sp³-hybridized carbons (Fsp3) is 0.500. The van der Waals surface area contributed by atoms with Crippen LogP contribution < -0.4 is 0 Å². The molecule has 0 atom stereocenters. The number of thioether (sulfide) groups is 1. The maximum Gasteiger partial charge on any atom is 0.313 e. The molecule has 1 saturated carbocycles. The first kappa shape index (κ1) is 14.4. The normalized spacial score (nSPS) is 16.9. The molecule has 1 heterocycles. The van der Waals surface area contributed by atoms with E-state index in [-0.39, 0.29) is 11.3 Å². The summed E-state index contributed by atoms with van der Waals surface area (Å²) in [5.74, 6) is -0.739. The van der Waals surface area contributed by atoms with E-state index in [2.05, 4.69) is 24.5 Å². The minimum absolute atomic E-state index is 0.0577. The van der Waals surface area contributed by atoms with Gasteiger partial charge in [-0.3, -0.25) is 4.79 Å². The Kier molecular flexibility index (Phi) is 3.69. The number of nitrogens with zero attached hydrogens (tertiary/aromatic N) is 2. The zero-order valence-electron chi connectivity index (χ0n) is 12.4. The second-order valence-electron chi connectivity index (χ2n) is 5.79. The predicted octanol–water partition coefficient (Wildman–Crippen LogP) is 3.81. The molecule has 0 radical (unpaired) electrons. The van der Waals surface area contributed by atoms with Gasteiger partial charge < -0.3 is 9.67 Å². The van der Waals surface area contributed by atoms with Crippen molar-refractivity contribution < 1.29 is 9.90 Å². The topological polar surface area (TPSA) is 55.1 Å². The molecule has 0 saturated heterocycles. The van der Waals surface area contributed by atoms with Gasteiger partial charge in [0, 0.05) is 5.54 Å². The number of aliphatic carboxylic acids is 1. The summed E-state index contributed by atoms with van der Waals surface area (Å²) in [6, 6.07) is 6.14. The van der Waals surface area contributed by atoms with Gasteiger partial charge in [-0.2, -0.15) is 0 Å². The number of aryl methyl sites for hydroxylation is 1. The number of hydrogen-bond donors (Lipinski definition) is 1. The van der Waals surface area contributed by atoms with Crippen LogP contribution >= 0.6 is 11.8 Å². The Hall–Kier alpha value is -1.49. The molecule has 2 aromatic rings. The zero-order valence-corrected chi connectivity index (χ0v) is 13.2. The predicted molar refractivity (Wildman–Crippen MR) is 84.9 cm³/mol. The van der Waals surface area contributed by atoms with Gasteiger partial charge in [-0.25, -0.2) is 4.98 Å². The van der Waals surface area contributed by atoms with Gasteiger partial charge >= 0.3 is 5.97 Å². The highest BCUT2D eigenvalue weighted by Crippen LogP contribution is 2.46. The molecule has 112 valence electrons. The Morgan fingerprint density at radius 1 is 1.48 bits per heavy atom. The third-order valence-corrected chi connectivity index (χ3v) is 5.51. The van der Waals surface area contributed by atoms with Crippen molar-refractivity contribution in [2.24, 2.45) is 0 Å². The van der Waals surface area contributed by atoms with E-state index >= 15 is 0 Å². The van der Waals surface area contributed by atoms with Crippen molar-refractivity contribution in [2.75, 3.05) is 5.75 Å². The molecule has 0 amide bonds. The second kappa shape index (κ2) is 5.37. The molecular formula is C16H20N2O2S. The molecule has 0 spiro atoms. The smallest absolute Gasteiger partial charge is 0.313 e. The number of benzene rings is 1. The van der Waals surface area contributed by atoms with Crippen LogP contribution in [0.2, 0.25) is 0 Å². The highest BCUT2D eigenvalue weighted by molar-refractivity contribution is 7.99. The molecule has 0 unspecified atom stereocenters. The standard InChI is InChI=1S/C16H20N2O2S/c1-3-16(8-5-9-16)18-14-11(2)6-4-7-12(14)17-15(18)21-10-13(19)20/h4,6-7H,3,5,8-10H2,1-2H3,(H,19,20). The van der Waals surface area contributed by atoms with Gasteiger partial charge in [-0.1, -0.05) is 30.8 Å². The molecule has 0 bridgehead atoms. The summed E-state index contributed by atoms with van der Waals surface area (Å²) in [7, 11) is 0. The monoisotopic (exact) mass is 304 g/mol. The molecule has 1 N–H and O–H groups in total. The molecule has 1 aliphatic carbocycles. The highest BCUT2D eigenvalue weighted by Gasteiger charge is 2.40. The summed E-state index contributed by atoms with van der Waals surface area (Å²) < 4.78 is 2.33. The number of para-hydroxylation sites is 1. The summed E-state index contributed by atoms with van der Waals surface area (Å²) in [6.45, 7) is 4.32. The van der Waals surface area contributed by atoms with Crippen molar-refractivity contribution in [1.29, 1.82) is 0 Å². The summed E-state index contributed by atoms with van der Waals surface area (Å²) in [5, 5.41) is 9.82. The van der Waals surface area contributed by atoms with E-state index < -0.39 is 5.97 Å². The summed E-state index contributed by atoms with van der Waals surface area (Å²) in [6.07, 6.45) is 4.61. The van der Waals surface area contributed by atoms with E-state index in [1.165, 1.54) is 29.3 Å². The van der Waals surface area contributed by atoms with Gasteiger partial charge in [-0.05, 0) is 44.2 Å². The number of imidazole rings is 1. The Balaban J connectivity index is 2.17. The summed E-state index contributed by atoms with van der Waals surface area (Å²) >= 11 is 1.33. The lowest BCUT2D eigenvalue weighted by atomic mass is 9.74. The SMILES string of the molecule is CCC1(n2c(SCC(=O)O)nc3cccc(C)c32)CCC1. The summed E-state index contributed by atoms with van der Waals surface area (Å²) in [5.41, 5.74) is 3.48. The number of carboxylic acid groups (broad SMARTS) is 1. The van der Waals surface area contributed by atoms with Crippen LogP contribution in [0.1, 0.15) is 38.2 Å². The average molecular weight is 304 g/mol. The zero-order chi connectivity index (χ0) is 15.0. The maximum atomic E-state index is 10.9. The fourth-order valence-electron chi connectivity index (χ4n) is 3.26. The van der Waals surface area contributed by atoms with E-state index in [1.54, 1.807) is 0 Å². The lowest BCUT2D eigenvalue weighted by molar-refractivity contribution is -0.133. The van der Waals surface area contributed by atoms with Crippen LogP contribution in [0.5, 0.6) is 0 Å². The van der Waals surface area contributed by atoms with Crippen LogP contribution in [0.3, 0.4) is 0 Å². The van der Waals surface area contributed by atoms with Gasteiger partial charge in [0.25, 0.3) is 0 Å². The number of carbonyl (C=O) groups is 1. The van der Waals surface area contributed by atoms with Crippen LogP contribution in [0.15, 0.2) is 23.4 Å². The van der Waals surface area contributed by atoms with E-state index in [1.807, 2.05) is 12.1 Å². The lowest BCUT2D eigenvalue weighted by Gasteiger charge is -2.44. The van der Waals surface area contributed by atoms with Crippen molar-refractivity contribution in [2.45, 2.75) is 50.2 Å². The maximum absolute atomic E-state index is 10.9. The molecule has 1 fully saturated rings. The second-order valence-corrected chi connectivity index (χ2v) is 6.73. The average Bonchev–Trinajstić information content (AvgIpc) is 2.77. The molecule has 1 aromatic heterocycles. The van der Waals surface area contributed by atoms with E-state index in [0.717, 1.165) is 29.9 Å². The van der Waals surface area contributed by atoms with Crippen LogP contribution in [0.25, 0.3) is 11.0 Å².